The summed E-state index contributed by atoms with van der Waals surface area (Å²) >= 11 is 0. The van der Waals surface area contributed by atoms with Gasteiger partial charge in [0.1, 0.15) is 11.5 Å². The quantitative estimate of drug-likeness (QED) is 0.434. The van der Waals surface area contributed by atoms with E-state index in [2.05, 4.69) is 5.32 Å². The highest BCUT2D eigenvalue weighted by Crippen LogP contribution is 2.27. The van der Waals surface area contributed by atoms with Gasteiger partial charge in [0.25, 0.3) is 5.91 Å². The van der Waals surface area contributed by atoms with Crippen molar-refractivity contribution in [3.63, 3.8) is 0 Å². The summed E-state index contributed by atoms with van der Waals surface area (Å²) < 4.78 is 25.8. The zero-order valence-corrected chi connectivity index (χ0v) is 18.1. The fourth-order valence-corrected chi connectivity index (χ4v) is 2.73. The lowest BCUT2D eigenvalue weighted by Gasteiger charge is -2.10. The Morgan fingerprint density at radius 1 is 0.871 bits per heavy atom. The van der Waals surface area contributed by atoms with Gasteiger partial charge in [-0.1, -0.05) is 6.07 Å². The monoisotopic (exact) mass is 429 g/mol. The van der Waals surface area contributed by atoms with Gasteiger partial charge in [-0.3, -0.25) is 4.79 Å². The first-order valence-electron chi connectivity index (χ1n) is 9.55. The molecule has 166 valence electrons. The summed E-state index contributed by atoms with van der Waals surface area (Å²) in [6, 6.07) is 10.8. The van der Waals surface area contributed by atoms with Crippen molar-refractivity contribution < 1.29 is 33.3 Å². The molecule has 0 aliphatic carbocycles. The number of carbonyl (C=O) groups is 2. The van der Waals surface area contributed by atoms with E-state index in [-0.39, 0.29) is 12.5 Å². The van der Waals surface area contributed by atoms with E-state index >= 15 is 0 Å². The number of hydrogen-bond donors (Lipinski definition) is 1. The van der Waals surface area contributed by atoms with Crippen molar-refractivity contribution in [1.82, 2.24) is 5.32 Å². The van der Waals surface area contributed by atoms with E-state index in [0.717, 1.165) is 5.56 Å². The molecular weight excluding hydrogens is 402 g/mol. The van der Waals surface area contributed by atoms with Crippen molar-refractivity contribution in [3.8, 4) is 23.0 Å². The van der Waals surface area contributed by atoms with Crippen molar-refractivity contribution in [2.45, 2.75) is 6.42 Å². The van der Waals surface area contributed by atoms with Gasteiger partial charge in [0, 0.05) is 24.3 Å². The lowest BCUT2D eigenvalue weighted by Crippen LogP contribution is -2.30. The van der Waals surface area contributed by atoms with Crippen LogP contribution in [0, 0.1) is 0 Å². The predicted octanol–water partition coefficient (Wildman–Crippen LogP) is 2.64. The number of ether oxygens (including phenoxy) is 5. The van der Waals surface area contributed by atoms with Crippen LogP contribution >= 0.6 is 0 Å². The molecule has 0 aliphatic heterocycles. The van der Waals surface area contributed by atoms with Gasteiger partial charge >= 0.3 is 5.97 Å². The minimum absolute atomic E-state index is 0.366. The van der Waals surface area contributed by atoms with Gasteiger partial charge in [-0.15, -0.1) is 0 Å². The maximum absolute atomic E-state index is 11.9. The minimum atomic E-state index is -0.632. The van der Waals surface area contributed by atoms with E-state index in [9.17, 15) is 9.59 Å². The Kier molecular flexibility index (Phi) is 9.22. The van der Waals surface area contributed by atoms with Gasteiger partial charge < -0.3 is 29.0 Å². The summed E-state index contributed by atoms with van der Waals surface area (Å²) in [4.78, 5) is 23.8. The Hall–Kier alpha value is -3.68. The Bertz CT molecular complexity index is 924. The summed E-state index contributed by atoms with van der Waals surface area (Å²) in [7, 11) is 6.22. The lowest BCUT2D eigenvalue weighted by atomic mass is 10.1. The molecule has 0 saturated carbocycles. The first kappa shape index (κ1) is 23.6. The zero-order valence-electron chi connectivity index (χ0n) is 18.1. The second-order valence-electron chi connectivity index (χ2n) is 6.34. The molecule has 2 rings (SSSR count). The van der Waals surface area contributed by atoms with E-state index in [1.54, 1.807) is 45.6 Å². The molecule has 0 radical (unpaired) electrons. The molecule has 0 unspecified atom stereocenters. The molecular formula is C23H27NO7. The number of benzene rings is 2. The topological polar surface area (TPSA) is 92.3 Å². The third-order valence-electron chi connectivity index (χ3n) is 4.37. The fraction of sp³-hybridized carbons (Fsp3) is 0.304. The smallest absolute Gasteiger partial charge is 0.331 e. The average molecular weight is 429 g/mol. The van der Waals surface area contributed by atoms with E-state index in [1.165, 1.54) is 13.2 Å². The molecule has 2 aromatic rings. The van der Waals surface area contributed by atoms with E-state index in [1.807, 2.05) is 18.2 Å². The third-order valence-corrected chi connectivity index (χ3v) is 4.37. The van der Waals surface area contributed by atoms with Crippen molar-refractivity contribution in [2.24, 2.45) is 0 Å². The number of methoxy groups -OCH3 is 4. The molecule has 1 amide bonds. The number of amides is 1. The number of rotatable bonds is 11. The van der Waals surface area contributed by atoms with Gasteiger partial charge in [-0.25, -0.2) is 4.79 Å². The second kappa shape index (κ2) is 12.1. The second-order valence-corrected chi connectivity index (χ2v) is 6.34. The van der Waals surface area contributed by atoms with Crippen LogP contribution in [0.25, 0.3) is 6.08 Å². The predicted molar refractivity (Wildman–Crippen MR) is 116 cm³/mol. The van der Waals surface area contributed by atoms with Crippen LogP contribution in [0.1, 0.15) is 11.1 Å². The molecule has 0 spiro atoms. The SMILES string of the molecule is COc1ccc(/C=C/C(=O)OCC(=O)NCCc2ccc(OC)c(OC)c2)c(OC)c1. The highest BCUT2D eigenvalue weighted by Gasteiger charge is 2.08. The highest BCUT2D eigenvalue weighted by atomic mass is 16.5. The maximum Gasteiger partial charge on any atom is 0.331 e. The number of carbonyl (C=O) groups excluding carboxylic acids is 2. The standard InChI is InChI=1S/C23H27NO7/c1-27-18-8-6-17(20(14-18)29-3)7-10-23(26)31-15-22(25)24-12-11-16-5-9-19(28-2)21(13-16)30-4/h5-10,13-14H,11-12,15H2,1-4H3,(H,24,25)/b10-7+. The van der Waals surface area contributed by atoms with E-state index < -0.39 is 5.97 Å². The summed E-state index contributed by atoms with van der Waals surface area (Å²) in [6.45, 7) is 0.0274. The van der Waals surface area contributed by atoms with Crippen molar-refractivity contribution in [3.05, 3.63) is 53.6 Å². The van der Waals surface area contributed by atoms with Crippen LogP contribution in [0.3, 0.4) is 0 Å². The normalized spacial score (nSPS) is 10.5. The van der Waals surface area contributed by atoms with Gasteiger partial charge in [0.05, 0.1) is 28.4 Å². The van der Waals surface area contributed by atoms with Crippen LogP contribution in [0.5, 0.6) is 23.0 Å². The molecule has 0 atom stereocenters. The maximum atomic E-state index is 11.9. The van der Waals surface area contributed by atoms with Crippen molar-refractivity contribution in [2.75, 3.05) is 41.6 Å². The average Bonchev–Trinajstić information content (AvgIpc) is 2.80. The molecule has 8 heteroatoms. The Labute approximate surface area is 181 Å². The molecule has 1 N–H and O–H groups in total. The van der Waals surface area contributed by atoms with Crippen LogP contribution in [-0.4, -0.2) is 53.5 Å². The first-order valence-corrected chi connectivity index (χ1v) is 9.55. The van der Waals surface area contributed by atoms with Crippen LogP contribution in [0.4, 0.5) is 0 Å². The fourth-order valence-electron chi connectivity index (χ4n) is 2.73. The largest absolute Gasteiger partial charge is 0.497 e. The minimum Gasteiger partial charge on any atom is -0.497 e. The van der Waals surface area contributed by atoms with Gasteiger partial charge in [-0.05, 0) is 42.3 Å². The molecule has 0 heterocycles. The molecule has 31 heavy (non-hydrogen) atoms. The lowest BCUT2D eigenvalue weighted by molar-refractivity contribution is -0.143. The van der Waals surface area contributed by atoms with Gasteiger partial charge in [-0.2, -0.15) is 0 Å². The zero-order chi connectivity index (χ0) is 22.6. The van der Waals surface area contributed by atoms with E-state index in [0.29, 0.717) is 41.5 Å². The summed E-state index contributed by atoms with van der Waals surface area (Å²) in [5.41, 5.74) is 1.66. The molecule has 0 aliphatic rings. The van der Waals surface area contributed by atoms with Crippen LogP contribution in [0.15, 0.2) is 42.5 Å². The van der Waals surface area contributed by atoms with Gasteiger partial charge in [0.15, 0.2) is 18.1 Å². The molecule has 0 fully saturated rings. The number of hydrogen-bond acceptors (Lipinski definition) is 7. The Morgan fingerprint density at radius 2 is 1.61 bits per heavy atom. The van der Waals surface area contributed by atoms with Crippen LogP contribution < -0.4 is 24.3 Å². The van der Waals surface area contributed by atoms with Gasteiger partial charge in [0.2, 0.25) is 0 Å². The molecule has 0 aromatic heterocycles. The highest BCUT2D eigenvalue weighted by molar-refractivity contribution is 5.89. The van der Waals surface area contributed by atoms with Crippen molar-refractivity contribution in [1.29, 1.82) is 0 Å². The molecule has 0 saturated heterocycles. The number of esters is 1. The van der Waals surface area contributed by atoms with Crippen LogP contribution in [0.2, 0.25) is 0 Å². The summed E-state index contributed by atoms with van der Waals surface area (Å²) in [5, 5.41) is 2.71. The molecule has 8 nitrogen and oxygen atoms in total. The molecule has 0 bridgehead atoms. The van der Waals surface area contributed by atoms with E-state index in [4.69, 9.17) is 23.7 Å². The first-order chi connectivity index (χ1) is 15.0. The Morgan fingerprint density at radius 3 is 2.29 bits per heavy atom. The summed E-state index contributed by atoms with van der Waals surface area (Å²) in [5.74, 6) is 1.44. The Balaban J connectivity index is 1.77. The third kappa shape index (κ3) is 7.26. The van der Waals surface area contributed by atoms with Crippen LogP contribution in [-0.2, 0) is 20.7 Å². The van der Waals surface area contributed by atoms with Crippen molar-refractivity contribution >= 4 is 18.0 Å². The number of nitrogens with one attached hydrogen (secondary N) is 1. The summed E-state index contributed by atoms with van der Waals surface area (Å²) in [6.07, 6.45) is 3.38. The molecule has 2 aromatic carbocycles.